The van der Waals surface area contributed by atoms with Crippen LogP contribution < -0.4 is 5.32 Å². The molecule has 0 saturated heterocycles. The fraction of sp³-hybridized carbons (Fsp3) is 0.652. The number of rotatable bonds is 4. The van der Waals surface area contributed by atoms with Crippen molar-refractivity contribution >= 4 is 6.09 Å². The molecule has 1 amide bonds. The van der Waals surface area contributed by atoms with Crippen LogP contribution in [0.25, 0.3) is 0 Å². The van der Waals surface area contributed by atoms with E-state index in [0.29, 0.717) is 0 Å². The highest BCUT2D eigenvalue weighted by molar-refractivity contribution is 5.68. The molecule has 1 saturated carbocycles. The zero-order valence-corrected chi connectivity index (χ0v) is 17.5. The summed E-state index contributed by atoms with van der Waals surface area (Å²) in [6.45, 7) is 8.51. The van der Waals surface area contributed by atoms with E-state index in [-0.39, 0.29) is 11.6 Å². The van der Waals surface area contributed by atoms with Gasteiger partial charge in [-0.15, -0.1) is 0 Å². The maximum absolute atomic E-state index is 12.4. The first kappa shape index (κ1) is 20.7. The monoisotopic (exact) mass is 383 g/mol. The van der Waals surface area contributed by atoms with Gasteiger partial charge >= 0.3 is 6.09 Å². The normalized spacial score (nSPS) is 19.4. The lowest BCUT2D eigenvalue weighted by molar-refractivity contribution is 0.0402. The van der Waals surface area contributed by atoms with Crippen LogP contribution in [-0.2, 0) is 17.7 Å². The number of nitriles is 1. The number of fused-ring (bicyclic) bond motifs is 1. The molecule has 1 aliphatic carbocycles. The molecule has 1 aliphatic heterocycles. The van der Waals surface area contributed by atoms with Crippen LogP contribution in [0.1, 0.15) is 76.0 Å². The van der Waals surface area contributed by atoms with Gasteiger partial charge < -0.3 is 10.1 Å². The summed E-state index contributed by atoms with van der Waals surface area (Å²) in [4.78, 5) is 14.9. The summed E-state index contributed by atoms with van der Waals surface area (Å²) < 4.78 is 5.54. The fourth-order valence-electron chi connectivity index (χ4n) is 4.52. The lowest BCUT2D eigenvalue weighted by atomic mass is 9.79. The number of carbonyl (C=O) groups is 1. The Balaban J connectivity index is 1.63. The quantitative estimate of drug-likeness (QED) is 0.829. The SMILES string of the molecule is CC(C)(C)OC(=O)NC1(CCN2CCc3c(C#N)cccc3C2)CCCCC1. The van der Waals surface area contributed by atoms with Crippen LogP contribution in [0.5, 0.6) is 0 Å². The smallest absolute Gasteiger partial charge is 0.408 e. The number of nitrogens with zero attached hydrogens (tertiary/aromatic N) is 2. The van der Waals surface area contributed by atoms with Crippen molar-refractivity contribution in [2.24, 2.45) is 0 Å². The second-order valence-corrected chi connectivity index (χ2v) is 9.30. The van der Waals surface area contributed by atoms with E-state index >= 15 is 0 Å². The minimum Gasteiger partial charge on any atom is -0.444 e. The largest absolute Gasteiger partial charge is 0.444 e. The molecule has 5 heteroatoms. The molecule has 0 atom stereocenters. The van der Waals surface area contributed by atoms with E-state index in [2.05, 4.69) is 22.4 Å². The number of carbonyl (C=O) groups excluding carboxylic acids is 1. The van der Waals surface area contributed by atoms with Gasteiger partial charge in [-0.1, -0.05) is 31.4 Å². The number of hydrogen-bond donors (Lipinski definition) is 1. The van der Waals surface area contributed by atoms with Gasteiger partial charge in [0.15, 0.2) is 0 Å². The van der Waals surface area contributed by atoms with Gasteiger partial charge in [0.25, 0.3) is 0 Å². The van der Waals surface area contributed by atoms with Gasteiger partial charge in [-0.3, -0.25) is 4.90 Å². The molecule has 1 heterocycles. The highest BCUT2D eigenvalue weighted by Crippen LogP contribution is 2.32. The maximum Gasteiger partial charge on any atom is 0.408 e. The Bertz CT molecular complexity index is 739. The van der Waals surface area contributed by atoms with Crippen molar-refractivity contribution in [1.29, 1.82) is 5.26 Å². The van der Waals surface area contributed by atoms with E-state index in [4.69, 9.17) is 4.74 Å². The van der Waals surface area contributed by atoms with Crippen molar-refractivity contribution in [3.63, 3.8) is 0 Å². The summed E-state index contributed by atoms with van der Waals surface area (Å²) in [5.74, 6) is 0. The third-order valence-electron chi connectivity index (χ3n) is 5.95. The minimum atomic E-state index is -0.477. The van der Waals surface area contributed by atoms with Crippen molar-refractivity contribution in [1.82, 2.24) is 10.2 Å². The van der Waals surface area contributed by atoms with E-state index in [1.807, 2.05) is 32.9 Å². The molecule has 2 aliphatic rings. The average molecular weight is 384 g/mol. The van der Waals surface area contributed by atoms with E-state index < -0.39 is 5.60 Å². The summed E-state index contributed by atoms with van der Waals surface area (Å²) >= 11 is 0. The summed E-state index contributed by atoms with van der Waals surface area (Å²) in [6.07, 6.45) is 7.17. The zero-order valence-electron chi connectivity index (χ0n) is 17.5. The van der Waals surface area contributed by atoms with Crippen molar-refractivity contribution in [3.05, 3.63) is 34.9 Å². The molecule has 1 aromatic rings. The molecule has 0 aromatic heterocycles. The molecule has 0 spiro atoms. The highest BCUT2D eigenvalue weighted by Gasteiger charge is 2.35. The molecule has 0 bridgehead atoms. The standard InChI is InChI=1S/C23H33N3O2/c1-22(2,3)28-21(27)25-23(11-5-4-6-12-23)13-15-26-14-10-20-18(16-24)8-7-9-19(20)17-26/h7-9H,4-6,10-15,17H2,1-3H3,(H,25,27). The van der Waals surface area contributed by atoms with E-state index in [1.165, 1.54) is 17.5 Å². The number of hydrogen-bond acceptors (Lipinski definition) is 4. The molecule has 5 nitrogen and oxygen atoms in total. The second-order valence-electron chi connectivity index (χ2n) is 9.30. The van der Waals surface area contributed by atoms with Gasteiger partial charge in [-0.25, -0.2) is 4.79 Å². The fourth-order valence-corrected chi connectivity index (χ4v) is 4.52. The Morgan fingerprint density at radius 1 is 1.29 bits per heavy atom. The highest BCUT2D eigenvalue weighted by atomic mass is 16.6. The lowest BCUT2D eigenvalue weighted by Gasteiger charge is -2.40. The van der Waals surface area contributed by atoms with Crippen LogP contribution in [0.4, 0.5) is 4.79 Å². The first-order chi connectivity index (χ1) is 13.3. The van der Waals surface area contributed by atoms with Gasteiger partial charge in [-0.05, 0) is 63.6 Å². The third kappa shape index (κ3) is 5.26. The topological polar surface area (TPSA) is 65.4 Å². The Hall–Kier alpha value is -2.06. The number of alkyl carbamates (subject to hydrolysis) is 1. The Morgan fingerprint density at radius 3 is 2.71 bits per heavy atom. The van der Waals surface area contributed by atoms with Crippen LogP contribution in [0, 0.1) is 11.3 Å². The molecule has 152 valence electrons. The van der Waals surface area contributed by atoms with Crippen molar-refractivity contribution in [2.45, 2.75) is 83.4 Å². The second kappa shape index (κ2) is 8.53. The molecular formula is C23H33N3O2. The van der Waals surface area contributed by atoms with Crippen LogP contribution in [0.2, 0.25) is 0 Å². The third-order valence-corrected chi connectivity index (χ3v) is 5.95. The van der Waals surface area contributed by atoms with Gasteiger partial charge in [0, 0.05) is 25.2 Å². The molecule has 1 N–H and O–H groups in total. The summed E-state index contributed by atoms with van der Waals surface area (Å²) in [6, 6.07) is 8.35. The van der Waals surface area contributed by atoms with Crippen molar-refractivity contribution in [3.8, 4) is 6.07 Å². The first-order valence-corrected chi connectivity index (χ1v) is 10.5. The molecular weight excluding hydrogens is 350 g/mol. The summed E-state index contributed by atoms with van der Waals surface area (Å²) in [7, 11) is 0. The molecule has 1 aromatic carbocycles. The Labute approximate surface area is 169 Å². The van der Waals surface area contributed by atoms with Crippen molar-refractivity contribution < 1.29 is 9.53 Å². The van der Waals surface area contributed by atoms with E-state index in [9.17, 15) is 10.1 Å². The van der Waals surface area contributed by atoms with Gasteiger partial charge in [0.2, 0.25) is 0 Å². The minimum absolute atomic E-state index is 0.157. The van der Waals surface area contributed by atoms with Crippen LogP contribution >= 0.6 is 0 Å². The van der Waals surface area contributed by atoms with Gasteiger partial charge in [0.05, 0.1) is 11.6 Å². The predicted octanol–water partition coefficient (Wildman–Crippen LogP) is 4.53. The molecule has 0 unspecified atom stereocenters. The summed E-state index contributed by atoms with van der Waals surface area (Å²) in [5.41, 5.74) is 2.65. The molecule has 28 heavy (non-hydrogen) atoms. The number of benzene rings is 1. The lowest BCUT2D eigenvalue weighted by Crippen LogP contribution is -2.52. The number of ether oxygens (including phenoxy) is 1. The van der Waals surface area contributed by atoms with E-state index in [1.54, 1.807) is 0 Å². The Morgan fingerprint density at radius 2 is 2.04 bits per heavy atom. The molecule has 0 radical (unpaired) electrons. The molecule has 1 fully saturated rings. The van der Waals surface area contributed by atoms with E-state index in [0.717, 1.165) is 63.7 Å². The average Bonchev–Trinajstić information content (AvgIpc) is 2.65. The molecule has 3 rings (SSSR count). The predicted molar refractivity (Wildman–Crippen MR) is 110 cm³/mol. The van der Waals surface area contributed by atoms with Crippen LogP contribution in [0.15, 0.2) is 18.2 Å². The van der Waals surface area contributed by atoms with Crippen LogP contribution in [0.3, 0.4) is 0 Å². The van der Waals surface area contributed by atoms with Crippen LogP contribution in [-0.4, -0.2) is 35.2 Å². The van der Waals surface area contributed by atoms with Gasteiger partial charge in [0.1, 0.15) is 5.60 Å². The maximum atomic E-state index is 12.4. The number of nitrogens with one attached hydrogen (secondary N) is 1. The first-order valence-electron chi connectivity index (χ1n) is 10.5. The summed E-state index contributed by atoms with van der Waals surface area (Å²) in [5, 5.41) is 12.6. The number of amides is 1. The van der Waals surface area contributed by atoms with Gasteiger partial charge in [-0.2, -0.15) is 5.26 Å². The Kier molecular flexibility index (Phi) is 6.30. The van der Waals surface area contributed by atoms with Crippen molar-refractivity contribution in [2.75, 3.05) is 13.1 Å². The zero-order chi connectivity index (χ0) is 20.2.